The number of ether oxygens (including phenoxy) is 3. The fraction of sp³-hybridized carbons (Fsp3) is 0.250. The number of fused-ring (bicyclic) bond motifs is 2. The van der Waals surface area contributed by atoms with Crippen LogP contribution in [0.3, 0.4) is 0 Å². The van der Waals surface area contributed by atoms with Crippen molar-refractivity contribution in [2.75, 3.05) is 30.7 Å². The zero-order chi connectivity index (χ0) is 16.7. The Morgan fingerprint density at radius 2 is 1.58 bits per heavy atom. The van der Waals surface area contributed by atoms with Gasteiger partial charge in [-0.2, -0.15) is 0 Å². The van der Waals surface area contributed by atoms with Crippen molar-refractivity contribution in [3.05, 3.63) is 42.2 Å². The van der Waals surface area contributed by atoms with Gasteiger partial charge >= 0.3 is 0 Å². The third-order valence-electron chi connectivity index (χ3n) is 3.84. The second kappa shape index (κ2) is 5.55. The zero-order valence-electron chi connectivity index (χ0n) is 12.6. The van der Waals surface area contributed by atoms with E-state index >= 15 is 0 Å². The molecule has 8 heteroatoms. The van der Waals surface area contributed by atoms with Gasteiger partial charge in [-0.15, -0.1) is 0 Å². The molecule has 24 heavy (non-hydrogen) atoms. The summed E-state index contributed by atoms with van der Waals surface area (Å²) in [5, 5.41) is 0. The first kappa shape index (κ1) is 15.1. The number of halogens is 1. The van der Waals surface area contributed by atoms with Crippen LogP contribution in [0, 0.1) is 5.82 Å². The van der Waals surface area contributed by atoms with E-state index in [1.807, 2.05) is 0 Å². The monoisotopic (exact) mass is 351 g/mol. The molecule has 0 amide bonds. The molecule has 0 saturated heterocycles. The van der Waals surface area contributed by atoms with Gasteiger partial charge < -0.3 is 14.2 Å². The van der Waals surface area contributed by atoms with Crippen LogP contribution in [-0.2, 0) is 10.0 Å². The van der Waals surface area contributed by atoms with Gasteiger partial charge in [0.2, 0.25) is 0 Å². The summed E-state index contributed by atoms with van der Waals surface area (Å²) in [7, 11) is -3.87. The molecule has 0 aromatic heterocycles. The summed E-state index contributed by atoms with van der Waals surface area (Å²) < 4.78 is 57.0. The summed E-state index contributed by atoms with van der Waals surface area (Å²) >= 11 is 0. The second-order valence-corrected chi connectivity index (χ2v) is 7.21. The van der Waals surface area contributed by atoms with Crippen molar-refractivity contribution >= 4 is 15.7 Å². The fourth-order valence-corrected chi connectivity index (χ4v) is 4.19. The van der Waals surface area contributed by atoms with Crippen molar-refractivity contribution < 1.29 is 27.0 Å². The van der Waals surface area contributed by atoms with Gasteiger partial charge in [-0.3, -0.25) is 4.31 Å². The van der Waals surface area contributed by atoms with Crippen LogP contribution in [0.25, 0.3) is 0 Å². The molecule has 126 valence electrons. The predicted octanol–water partition coefficient (Wildman–Crippen LogP) is 2.18. The summed E-state index contributed by atoms with van der Waals surface area (Å²) in [6.07, 6.45) is 0. The summed E-state index contributed by atoms with van der Waals surface area (Å²) in [5.74, 6) is 0.703. The number of hydrogen-bond donors (Lipinski definition) is 0. The van der Waals surface area contributed by atoms with Gasteiger partial charge in [0, 0.05) is 12.1 Å². The molecule has 0 bridgehead atoms. The Bertz CT molecular complexity index is 899. The molecule has 4 rings (SSSR count). The van der Waals surface area contributed by atoms with Crippen molar-refractivity contribution in [2.45, 2.75) is 4.90 Å². The highest BCUT2D eigenvalue weighted by molar-refractivity contribution is 7.92. The van der Waals surface area contributed by atoms with Gasteiger partial charge in [0.05, 0.1) is 17.1 Å². The lowest BCUT2D eigenvalue weighted by molar-refractivity contribution is 0.171. The number of sulfonamides is 1. The third kappa shape index (κ3) is 2.43. The first-order valence-corrected chi connectivity index (χ1v) is 8.84. The van der Waals surface area contributed by atoms with Crippen molar-refractivity contribution in [3.8, 4) is 17.2 Å². The van der Waals surface area contributed by atoms with Crippen LogP contribution in [0.4, 0.5) is 10.1 Å². The normalized spacial score (nSPS) is 16.3. The maximum Gasteiger partial charge on any atom is 0.264 e. The lowest BCUT2D eigenvalue weighted by atomic mass is 10.2. The molecule has 6 nitrogen and oxygen atoms in total. The van der Waals surface area contributed by atoms with Crippen LogP contribution in [0.15, 0.2) is 41.3 Å². The first-order valence-electron chi connectivity index (χ1n) is 7.40. The Morgan fingerprint density at radius 1 is 0.875 bits per heavy atom. The Kier molecular flexibility index (Phi) is 3.49. The summed E-state index contributed by atoms with van der Waals surface area (Å²) in [5.41, 5.74) is 0.191. The topological polar surface area (TPSA) is 65.1 Å². The van der Waals surface area contributed by atoms with E-state index in [0.717, 1.165) is 10.4 Å². The largest absolute Gasteiger partial charge is 0.489 e. The summed E-state index contributed by atoms with van der Waals surface area (Å²) in [6, 6.07) is 8.27. The molecule has 2 aromatic rings. The molecule has 0 aliphatic carbocycles. The number of anilines is 1. The van der Waals surface area contributed by atoms with E-state index in [1.165, 1.54) is 24.3 Å². The molecule has 0 unspecified atom stereocenters. The van der Waals surface area contributed by atoms with E-state index in [4.69, 9.17) is 14.2 Å². The quantitative estimate of drug-likeness (QED) is 0.830. The molecule has 0 N–H and O–H groups in total. The van der Waals surface area contributed by atoms with E-state index < -0.39 is 15.8 Å². The van der Waals surface area contributed by atoms with Crippen LogP contribution < -0.4 is 18.5 Å². The highest BCUT2D eigenvalue weighted by Gasteiger charge is 2.31. The van der Waals surface area contributed by atoms with Gasteiger partial charge in [-0.1, -0.05) is 0 Å². The summed E-state index contributed by atoms with van der Waals surface area (Å²) in [4.78, 5) is 0.0591. The number of rotatable bonds is 2. The minimum atomic E-state index is -3.87. The van der Waals surface area contributed by atoms with Gasteiger partial charge in [-0.25, -0.2) is 12.8 Å². The smallest absolute Gasteiger partial charge is 0.264 e. The number of benzene rings is 2. The molecule has 2 aliphatic rings. The molecule has 0 fully saturated rings. The SMILES string of the molecule is O=S(=O)(c1ccc2c(c1)OCCO2)N1CCOc2ccc(F)cc21. The minimum Gasteiger partial charge on any atom is -0.489 e. The Labute approximate surface area is 138 Å². The van der Waals surface area contributed by atoms with Gasteiger partial charge in [0.15, 0.2) is 11.5 Å². The predicted molar refractivity (Wildman–Crippen MR) is 83.9 cm³/mol. The number of hydrogen-bond acceptors (Lipinski definition) is 5. The van der Waals surface area contributed by atoms with Gasteiger partial charge in [0.25, 0.3) is 10.0 Å². The van der Waals surface area contributed by atoms with Gasteiger partial charge in [0.1, 0.15) is 31.4 Å². The second-order valence-electron chi connectivity index (χ2n) is 5.34. The summed E-state index contributed by atoms with van der Waals surface area (Å²) in [6.45, 7) is 1.09. The van der Waals surface area contributed by atoms with Crippen molar-refractivity contribution in [1.82, 2.24) is 0 Å². The molecule has 0 spiro atoms. The maximum atomic E-state index is 13.6. The lowest BCUT2D eigenvalue weighted by Gasteiger charge is -2.30. The van der Waals surface area contributed by atoms with E-state index in [-0.39, 0.29) is 23.7 Å². The van der Waals surface area contributed by atoms with Crippen molar-refractivity contribution in [3.63, 3.8) is 0 Å². The molecule has 2 aliphatic heterocycles. The van der Waals surface area contributed by atoms with Crippen LogP contribution in [0.1, 0.15) is 0 Å². The van der Waals surface area contributed by atoms with Gasteiger partial charge in [-0.05, 0) is 24.3 Å². The van der Waals surface area contributed by atoms with Crippen LogP contribution in [0.2, 0.25) is 0 Å². The minimum absolute atomic E-state index is 0.0591. The van der Waals surface area contributed by atoms with E-state index in [2.05, 4.69) is 0 Å². The maximum absolute atomic E-state index is 13.6. The first-order chi connectivity index (χ1) is 11.6. The van der Waals surface area contributed by atoms with Crippen LogP contribution >= 0.6 is 0 Å². The Morgan fingerprint density at radius 3 is 2.42 bits per heavy atom. The molecule has 2 heterocycles. The van der Waals surface area contributed by atoms with E-state index in [9.17, 15) is 12.8 Å². The molecule has 0 radical (unpaired) electrons. The molecule has 2 aromatic carbocycles. The lowest BCUT2D eigenvalue weighted by Crippen LogP contribution is -2.38. The van der Waals surface area contributed by atoms with Crippen molar-refractivity contribution in [2.24, 2.45) is 0 Å². The zero-order valence-corrected chi connectivity index (χ0v) is 13.4. The molecular weight excluding hydrogens is 337 g/mol. The van der Waals surface area contributed by atoms with Crippen LogP contribution in [0.5, 0.6) is 17.2 Å². The average molecular weight is 351 g/mol. The molecule has 0 atom stereocenters. The fourth-order valence-electron chi connectivity index (χ4n) is 2.73. The van der Waals surface area contributed by atoms with Crippen LogP contribution in [-0.4, -0.2) is 34.8 Å². The molecule has 0 saturated carbocycles. The highest BCUT2D eigenvalue weighted by atomic mass is 32.2. The Hall–Kier alpha value is -2.48. The standard InChI is InChI=1S/C16H14FNO5S/c17-11-1-3-14-13(9-11)18(5-6-21-14)24(19,20)12-2-4-15-16(10-12)23-8-7-22-15/h1-4,9-10H,5-8H2. The average Bonchev–Trinajstić information content (AvgIpc) is 2.60. The van der Waals surface area contributed by atoms with E-state index in [1.54, 1.807) is 6.07 Å². The van der Waals surface area contributed by atoms with E-state index in [0.29, 0.717) is 30.5 Å². The Balaban J connectivity index is 1.78. The number of nitrogens with zero attached hydrogens (tertiary/aromatic N) is 1. The highest BCUT2D eigenvalue weighted by Crippen LogP contribution is 2.38. The molecular formula is C16H14FNO5S. The van der Waals surface area contributed by atoms with Crippen molar-refractivity contribution in [1.29, 1.82) is 0 Å². The third-order valence-corrected chi connectivity index (χ3v) is 5.65.